The van der Waals surface area contributed by atoms with Crippen LogP contribution in [0.15, 0.2) is 6.07 Å². The van der Waals surface area contributed by atoms with E-state index in [-0.39, 0.29) is 0 Å². The first-order valence-electron chi connectivity index (χ1n) is 9.83. The summed E-state index contributed by atoms with van der Waals surface area (Å²) in [4.78, 5) is 14.5. The minimum atomic E-state index is 0.345. The average Bonchev–Trinajstić information content (AvgIpc) is 2.56. The van der Waals surface area contributed by atoms with Crippen LogP contribution in [0, 0.1) is 5.92 Å². The number of anilines is 1. The van der Waals surface area contributed by atoms with E-state index in [2.05, 4.69) is 69.8 Å². The number of likely N-dealkylation sites (N-methyl/N-ethyl adjacent to an activating group) is 1. The second-order valence-electron chi connectivity index (χ2n) is 8.38. The first-order chi connectivity index (χ1) is 11.8. The lowest BCUT2D eigenvalue weighted by atomic mass is 10.0. The summed E-state index contributed by atoms with van der Waals surface area (Å²) in [7, 11) is 2.21. The lowest BCUT2D eigenvalue weighted by Crippen LogP contribution is -2.52. The summed E-state index contributed by atoms with van der Waals surface area (Å²) in [6, 6.07) is 2.66. The van der Waals surface area contributed by atoms with Gasteiger partial charge in [0.15, 0.2) is 0 Å². The van der Waals surface area contributed by atoms with Crippen molar-refractivity contribution < 1.29 is 0 Å². The highest BCUT2D eigenvalue weighted by molar-refractivity contribution is 5.37. The lowest BCUT2D eigenvalue weighted by molar-refractivity contribution is 0.0944. The molecule has 1 saturated heterocycles. The van der Waals surface area contributed by atoms with Crippen molar-refractivity contribution in [1.82, 2.24) is 19.8 Å². The van der Waals surface area contributed by atoms with E-state index in [1.807, 2.05) is 0 Å². The molecule has 1 unspecified atom stereocenters. The predicted octanol–water partition coefficient (Wildman–Crippen LogP) is 3.41. The van der Waals surface area contributed by atoms with Gasteiger partial charge in [0.25, 0.3) is 0 Å². The molecule has 1 aliphatic rings. The van der Waals surface area contributed by atoms with Crippen molar-refractivity contribution >= 4 is 5.82 Å². The molecule has 5 heteroatoms. The van der Waals surface area contributed by atoms with Crippen LogP contribution in [0.5, 0.6) is 0 Å². The Labute approximate surface area is 154 Å². The highest BCUT2D eigenvalue weighted by atomic mass is 15.3. The fourth-order valence-electron chi connectivity index (χ4n) is 3.28. The molecule has 1 aliphatic heterocycles. The number of piperazine rings is 1. The first-order valence-corrected chi connectivity index (χ1v) is 9.83. The largest absolute Gasteiger partial charge is 0.368 e. The molecule has 1 aromatic heterocycles. The van der Waals surface area contributed by atoms with Crippen LogP contribution < -0.4 is 5.32 Å². The highest BCUT2D eigenvalue weighted by Gasteiger charge is 2.25. The Bertz CT molecular complexity index is 507. The molecule has 1 aromatic rings. The maximum absolute atomic E-state index is 4.75. The minimum absolute atomic E-state index is 0.345. The van der Waals surface area contributed by atoms with E-state index in [0.717, 1.165) is 50.1 Å². The van der Waals surface area contributed by atoms with Gasteiger partial charge in [-0.2, -0.15) is 0 Å². The molecule has 0 spiro atoms. The zero-order valence-electron chi connectivity index (χ0n) is 17.2. The molecule has 1 fully saturated rings. The van der Waals surface area contributed by atoms with Crippen LogP contribution in [-0.2, 0) is 0 Å². The third-order valence-corrected chi connectivity index (χ3v) is 5.14. The minimum Gasteiger partial charge on any atom is -0.368 e. The number of rotatable bonds is 7. The molecule has 1 N–H and O–H groups in total. The topological polar surface area (TPSA) is 44.3 Å². The van der Waals surface area contributed by atoms with Gasteiger partial charge in [0, 0.05) is 56.4 Å². The van der Waals surface area contributed by atoms with Crippen molar-refractivity contribution in [3.05, 3.63) is 17.6 Å². The first kappa shape index (κ1) is 20.1. The van der Waals surface area contributed by atoms with Crippen molar-refractivity contribution in [2.24, 2.45) is 5.92 Å². The van der Waals surface area contributed by atoms with Crippen molar-refractivity contribution in [2.45, 2.75) is 59.4 Å². The highest BCUT2D eigenvalue weighted by Crippen LogP contribution is 2.20. The van der Waals surface area contributed by atoms with Gasteiger partial charge < -0.3 is 10.2 Å². The van der Waals surface area contributed by atoms with Crippen LogP contribution in [0.4, 0.5) is 5.82 Å². The molecule has 0 aliphatic carbocycles. The van der Waals surface area contributed by atoms with Gasteiger partial charge in [0.05, 0.1) is 0 Å². The van der Waals surface area contributed by atoms with Gasteiger partial charge in [-0.05, 0) is 18.9 Å². The molecule has 1 atom stereocenters. The standard InChI is InChI=1S/C20H37N5/c1-14(2)17-12-19(23-20(22-17)16(5)6)21-13-18(15(3)4)25-10-8-24(7)9-11-25/h12,14-16,18H,8-11,13H2,1-7H3,(H,21,22,23). The predicted molar refractivity (Wildman–Crippen MR) is 106 cm³/mol. The number of hydrogen-bond acceptors (Lipinski definition) is 5. The zero-order chi connectivity index (χ0) is 18.6. The van der Waals surface area contributed by atoms with Crippen LogP contribution in [0.25, 0.3) is 0 Å². The monoisotopic (exact) mass is 347 g/mol. The number of nitrogens with one attached hydrogen (secondary N) is 1. The quantitative estimate of drug-likeness (QED) is 0.819. The van der Waals surface area contributed by atoms with E-state index < -0.39 is 0 Å². The Kier molecular flexibility index (Phi) is 7.20. The Morgan fingerprint density at radius 2 is 1.60 bits per heavy atom. The molecular weight excluding hydrogens is 310 g/mol. The summed E-state index contributed by atoms with van der Waals surface area (Å²) in [5.74, 6) is 3.29. The fourth-order valence-corrected chi connectivity index (χ4v) is 3.28. The van der Waals surface area contributed by atoms with Crippen LogP contribution >= 0.6 is 0 Å². The molecule has 2 heterocycles. The average molecular weight is 348 g/mol. The Morgan fingerprint density at radius 1 is 0.960 bits per heavy atom. The zero-order valence-corrected chi connectivity index (χ0v) is 17.2. The van der Waals surface area contributed by atoms with E-state index in [1.165, 1.54) is 0 Å². The maximum Gasteiger partial charge on any atom is 0.133 e. The summed E-state index contributed by atoms with van der Waals surface area (Å²) in [5.41, 5.74) is 1.13. The summed E-state index contributed by atoms with van der Waals surface area (Å²) >= 11 is 0. The fraction of sp³-hybridized carbons (Fsp3) is 0.800. The third-order valence-electron chi connectivity index (χ3n) is 5.14. The normalized spacial score (nSPS) is 18.3. The molecule has 0 bridgehead atoms. The number of nitrogens with zero attached hydrogens (tertiary/aromatic N) is 4. The van der Waals surface area contributed by atoms with E-state index in [0.29, 0.717) is 23.8 Å². The van der Waals surface area contributed by atoms with Gasteiger partial charge in [-0.15, -0.1) is 0 Å². The molecule has 0 aromatic carbocycles. The van der Waals surface area contributed by atoms with Crippen LogP contribution in [0.1, 0.15) is 64.9 Å². The van der Waals surface area contributed by atoms with Crippen LogP contribution in [-0.4, -0.2) is 65.6 Å². The van der Waals surface area contributed by atoms with E-state index in [1.54, 1.807) is 0 Å². The molecule has 0 amide bonds. The molecule has 25 heavy (non-hydrogen) atoms. The van der Waals surface area contributed by atoms with Gasteiger partial charge in [0.2, 0.25) is 0 Å². The van der Waals surface area contributed by atoms with Gasteiger partial charge >= 0.3 is 0 Å². The van der Waals surface area contributed by atoms with Crippen molar-refractivity contribution in [3.8, 4) is 0 Å². The third kappa shape index (κ3) is 5.65. The maximum atomic E-state index is 4.75. The molecule has 2 rings (SSSR count). The Hall–Kier alpha value is -1.20. The van der Waals surface area contributed by atoms with E-state index >= 15 is 0 Å². The SMILES string of the molecule is CC(C)c1cc(NCC(C(C)C)N2CCN(C)CC2)nc(C(C)C)n1. The van der Waals surface area contributed by atoms with E-state index in [9.17, 15) is 0 Å². The summed E-state index contributed by atoms with van der Waals surface area (Å²) in [5, 5.41) is 3.62. The van der Waals surface area contributed by atoms with Crippen molar-refractivity contribution in [2.75, 3.05) is 45.1 Å². The molecule has 0 radical (unpaired) electrons. The second-order valence-corrected chi connectivity index (χ2v) is 8.38. The molecule has 5 nitrogen and oxygen atoms in total. The summed E-state index contributed by atoms with van der Waals surface area (Å²) in [6.45, 7) is 18.9. The van der Waals surface area contributed by atoms with Crippen LogP contribution in [0.2, 0.25) is 0 Å². The Balaban J connectivity index is 2.09. The van der Waals surface area contributed by atoms with Gasteiger partial charge in [-0.3, -0.25) is 4.90 Å². The lowest BCUT2D eigenvalue weighted by Gasteiger charge is -2.40. The van der Waals surface area contributed by atoms with E-state index in [4.69, 9.17) is 9.97 Å². The summed E-state index contributed by atoms with van der Waals surface area (Å²) < 4.78 is 0. The molecular formula is C20H37N5. The Morgan fingerprint density at radius 3 is 2.12 bits per heavy atom. The smallest absolute Gasteiger partial charge is 0.133 e. The van der Waals surface area contributed by atoms with Crippen molar-refractivity contribution in [1.29, 1.82) is 0 Å². The number of hydrogen-bond donors (Lipinski definition) is 1. The van der Waals surface area contributed by atoms with Crippen molar-refractivity contribution in [3.63, 3.8) is 0 Å². The summed E-state index contributed by atoms with van der Waals surface area (Å²) in [6.07, 6.45) is 0. The number of aromatic nitrogens is 2. The van der Waals surface area contributed by atoms with Gasteiger partial charge in [-0.1, -0.05) is 41.5 Å². The van der Waals surface area contributed by atoms with Gasteiger partial charge in [-0.25, -0.2) is 9.97 Å². The molecule has 142 valence electrons. The molecule has 0 saturated carbocycles. The van der Waals surface area contributed by atoms with Gasteiger partial charge in [0.1, 0.15) is 11.6 Å². The second kappa shape index (κ2) is 8.95. The van der Waals surface area contributed by atoms with Crippen LogP contribution in [0.3, 0.4) is 0 Å².